The molecule has 1 N–H and O–H groups in total. The lowest BCUT2D eigenvalue weighted by atomic mass is 9.62. The molecular weight excluding hydrogens is 396 g/mol. The number of ether oxygens (including phenoxy) is 1. The van der Waals surface area contributed by atoms with E-state index in [1.807, 2.05) is 20.8 Å². The fourth-order valence-electron chi connectivity index (χ4n) is 6.11. The minimum atomic E-state index is -0.403. The molecule has 178 valence electrons. The third-order valence-corrected chi connectivity index (χ3v) is 7.77. The number of carbonyl (C=O) groups excluding carboxylic acids is 1. The second-order valence-corrected chi connectivity index (χ2v) is 11.5. The number of aliphatic hydroxyl groups excluding tert-OH is 1. The van der Waals surface area contributed by atoms with Gasteiger partial charge in [-0.1, -0.05) is 55.4 Å². The number of esters is 1. The van der Waals surface area contributed by atoms with Crippen molar-refractivity contribution in [2.75, 3.05) is 0 Å². The Bertz CT molecular complexity index is 807. The highest BCUT2D eigenvalue weighted by Gasteiger charge is 2.45. The van der Waals surface area contributed by atoms with Crippen molar-refractivity contribution in [1.29, 1.82) is 0 Å². The molecule has 0 amide bonds. The van der Waals surface area contributed by atoms with E-state index in [0.717, 1.165) is 38.5 Å². The van der Waals surface area contributed by atoms with E-state index in [4.69, 9.17) is 4.74 Å². The molecule has 0 aliphatic heterocycles. The Morgan fingerprint density at radius 2 is 2.09 bits per heavy atom. The first-order valence-corrected chi connectivity index (χ1v) is 12.7. The average molecular weight is 441 g/mol. The highest BCUT2D eigenvalue weighted by atomic mass is 16.6. The smallest absolute Gasteiger partial charge is 0.306 e. The number of rotatable bonds is 6. The molecule has 0 aromatic heterocycles. The molecular formula is C29H44O3. The van der Waals surface area contributed by atoms with Gasteiger partial charge >= 0.3 is 5.97 Å². The summed E-state index contributed by atoms with van der Waals surface area (Å²) >= 11 is 0. The molecule has 0 heterocycles. The summed E-state index contributed by atoms with van der Waals surface area (Å²) in [4.78, 5) is 12.1. The number of hydrogen-bond acceptors (Lipinski definition) is 3. The van der Waals surface area contributed by atoms with Crippen LogP contribution in [0.5, 0.6) is 0 Å². The maximum atomic E-state index is 12.1. The van der Waals surface area contributed by atoms with Crippen molar-refractivity contribution >= 4 is 5.97 Å². The predicted molar refractivity (Wildman–Crippen MR) is 132 cm³/mol. The summed E-state index contributed by atoms with van der Waals surface area (Å²) < 4.78 is 5.47. The zero-order chi connectivity index (χ0) is 23.5. The first-order valence-electron chi connectivity index (χ1n) is 12.7. The van der Waals surface area contributed by atoms with Gasteiger partial charge in [0.05, 0.1) is 6.10 Å². The predicted octanol–water partition coefficient (Wildman–Crippen LogP) is 7.22. The Balaban J connectivity index is 1.62. The van der Waals surface area contributed by atoms with E-state index < -0.39 is 5.60 Å². The third-order valence-electron chi connectivity index (χ3n) is 7.77. The number of aliphatic hydroxyl groups is 1. The first kappa shape index (κ1) is 25.0. The van der Waals surface area contributed by atoms with Crippen LogP contribution in [0, 0.1) is 17.3 Å². The summed E-state index contributed by atoms with van der Waals surface area (Å²) in [6, 6.07) is 0. The number of hydrogen-bond donors (Lipinski definition) is 1. The van der Waals surface area contributed by atoms with Crippen molar-refractivity contribution in [2.24, 2.45) is 17.3 Å². The van der Waals surface area contributed by atoms with Gasteiger partial charge < -0.3 is 9.84 Å². The van der Waals surface area contributed by atoms with Gasteiger partial charge in [-0.25, -0.2) is 0 Å². The molecule has 3 rings (SSSR count). The molecule has 3 aliphatic carbocycles. The molecule has 32 heavy (non-hydrogen) atoms. The minimum Gasteiger partial charge on any atom is -0.460 e. The zero-order valence-electron chi connectivity index (χ0n) is 21.0. The van der Waals surface area contributed by atoms with Crippen LogP contribution in [0.1, 0.15) is 98.8 Å². The molecule has 3 aliphatic rings. The largest absolute Gasteiger partial charge is 0.460 e. The third kappa shape index (κ3) is 6.04. The van der Waals surface area contributed by atoms with Crippen LogP contribution >= 0.6 is 0 Å². The van der Waals surface area contributed by atoms with E-state index in [1.165, 1.54) is 30.4 Å². The van der Waals surface area contributed by atoms with Crippen LogP contribution in [0.2, 0.25) is 0 Å². The molecule has 0 spiro atoms. The van der Waals surface area contributed by atoms with E-state index in [-0.39, 0.29) is 17.5 Å². The Labute approximate surface area is 195 Å². The molecule has 4 atom stereocenters. The van der Waals surface area contributed by atoms with Gasteiger partial charge in [0, 0.05) is 6.42 Å². The van der Waals surface area contributed by atoms with Gasteiger partial charge in [0.2, 0.25) is 0 Å². The van der Waals surface area contributed by atoms with E-state index in [0.29, 0.717) is 18.3 Å². The monoisotopic (exact) mass is 440 g/mol. The van der Waals surface area contributed by atoms with Crippen LogP contribution in [0.4, 0.5) is 0 Å². The topological polar surface area (TPSA) is 46.5 Å². The normalized spacial score (nSPS) is 32.1. The quantitative estimate of drug-likeness (QED) is 0.350. The van der Waals surface area contributed by atoms with E-state index in [2.05, 4.69) is 38.7 Å². The second-order valence-electron chi connectivity index (χ2n) is 11.5. The van der Waals surface area contributed by atoms with Gasteiger partial charge in [-0.15, -0.1) is 0 Å². The van der Waals surface area contributed by atoms with Crippen LogP contribution in [0.3, 0.4) is 0 Å². The lowest BCUT2D eigenvalue weighted by Crippen LogP contribution is -2.32. The van der Waals surface area contributed by atoms with E-state index >= 15 is 0 Å². The maximum Gasteiger partial charge on any atom is 0.306 e. The Morgan fingerprint density at radius 3 is 2.81 bits per heavy atom. The van der Waals surface area contributed by atoms with E-state index in [1.54, 1.807) is 11.1 Å². The van der Waals surface area contributed by atoms with Crippen molar-refractivity contribution < 1.29 is 14.6 Å². The highest BCUT2D eigenvalue weighted by molar-refractivity contribution is 5.69. The number of allylic oxidation sites excluding steroid dienone is 6. The fraction of sp³-hybridized carbons (Fsp3) is 0.690. The lowest BCUT2D eigenvalue weighted by Gasteiger charge is -2.42. The lowest BCUT2D eigenvalue weighted by molar-refractivity contribution is -0.154. The molecule has 0 aromatic rings. The van der Waals surface area contributed by atoms with Crippen LogP contribution in [0.25, 0.3) is 0 Å². The molecule has 0 saturated heterocycles. The van der Waals surface area contributed by atoms with Crippen molar-refractivity contribution in [3.05, 3.63) is 47.1 Å². The molecule has 2 fully saturated rings. The van der Waals surface area contributed by atoms with Crippen LogP contribution < -0.4 is 0 Å². The van der Waals surface area contributed by atoms with Crippen LogP contribution in [0.15, 0.2) is 47.1 Å². The SMILES string of the molecule is C=C1CC[C@@H](O)C/C1=C/C=C1\CCC[C@]2(C)C([C@H](C)CCCC(=O)OC(C)(C)C)=CC[C@@H]12. The molecule has 3 heteroatoms. The molecule has 2 saturated carbocycles. The first-order chi connectivity index (χ1) is 15.0. The van der Waals surface area contributed by atoms with Crippen molar-refractivity contribution in [3.63, 3.8) is 0 Å². The summed E-state index contributed by atoms with van der Waals surface area (Å²) in [5, 5.41) is 10.0. The minimum absolute atomic E-state index is 0.0838. The molecule has 0 aromatic carbocycles. The van der Waals surface area contributed by atoms with Crippen molar-refractivity contribution in [2.45, 2.75) is 111 Å². The van der Waals surface area contributed by atoms with E-state index in [9.17, 15) is 9.90 Å². The maximum absolute atomic E-state index is 12.1. The fourth-order valence-corrected chi connectivity index (χ4v) is 6.11. The summed E-state index contributed by atoms with van der Waals surface area (Å²) in [5.41, 5.74) is 5.41. The standard InChI is InChI=1S/C29H44O3/c1-20-12-15-24(30)19-23(20)14-13-22-10-8-18-29(6)25(16-17-26(22)29)21(2)9-7-11-27(31)32-28(3,4)5/h13-14,16,21,24,26,30H,1,7-12,15,17-19H2,2-6H3/b22-13+,23-14-/t21-,24-,26+,29-/m1/s1. The van der Waals surface area contributed by atoms with Gasteiger partial charge in [0.15, 0.2) is 0 Å². The zero-order valence-corrected chi connectivity index (χ0v) is 21.0. The number of fused-ring (bicyclic) bond motifs is 1. The van der Waals surface area contributed by atoms with Crippen LogP contribution in [-0.4, -0.2) is 22.8 Å². The van der Waals surface area contributed by atoms with Crippen molar-refractivity contribution in [1.82, 2.24) is 0 Å². The van der Waals surface area contributed by atoms with Gasteiger partial charge in [0.1, 0.15) is 5.60 Å². The summed E-state index contributed by atoms with van der Waals surface area (Å²) in [5.74, 6) is 0.996. The average Bonchev–Trinajstić information content (AvgIpc) is 3.04. The summed E-state index contributed by atoms with van der Waals surface area (Å²) in [6.07, 6.45) is 16.6. The molecule has 0 radical (unpaired) electrons. The molecule has 0 bridgehead atoms. The van der Waals surface area contributed by atoms with Gasteiger partial charge in [-0.05, 0) is 101 Å². The number of carbonyl (C=O) groups is 1. The Kier molecular flexibility index (Phi) is 7.91. The Morgan fingerprint density at radius 1 is 1.34 bits per heavy atom. The highest BCUT2D eigenvalue weighted by Crippen LogP contribution is 2.57. The van der Waals surface area contributed by atoms with Gasteiger partial charge in [-0.2, -0.15) is 0 Å². The molecule has 0 unspecified atom stereocenters. The second kappa shape index (κ2) is 10.1. The summed E-state index contributed by atoms with van der Waals surface area (Å²) in [6.45, 7) is 14.8. The van der Waals surface area contributed by atoms with Gasteiger partial charge in [-0.3, -0.25) is 4.79 Å². The van der Waals surface area contributed by atoms with Crippen molar-refractivity contribution in [3.8, 4) is 0 Å². The Hall–Kier alpha value is -1.61. The van der Waals surface area contributed by atoms with Crippen LogP contribution in [-0.2, 0) is 9.53 Å². The van der Waals surface area contributed by atoms with Gasteiger partial charge in [0.25, 0.3) is 0 Å². The molecule has 3 nitrogen and oxygen atoms in total. The summed E-state index contributed by atoms with van der Waals surface area (Å²) in [7, 11) is 0.